The molecule has 0 saturated carbocycles. The van der Waals surface area contributed by atoms with Crippen LogP contribution in [0.4, 0.5) is 11.5 Å². The summed E-state index contributed by atoms with van der Waals surface area (Å²) in [7, 11) is 1.86. The van der Waals surface area contributed by atoms with Gasteiger partial charge in [0.05, 0.1) is 6.61 Å². The van der Waals surface area contributed by atoms with Crippen molar-refractivity contribution >= 4 is 11.5 Å². The predicted molar refractivity (Wildman–Crippen MR) is 72.6 cm³/mol. The molecule has 0 atom stereocenters. The van der Waals surface area contributed by atoms with E-state index in [4.69, 9.17) is 0 Å². The molecule has 0 aliphatic heterocycles. The molecule has 4 heteroatoms. The van der Waals surface area contributed by atoms with Gasteiger partial charge < -0.3 is 15.3 Å². The van der Waals surface area contributed by atoms with Crippen LogP contribution in [0.5, 0.6) is 0 Å². The SMILES string of the molecule is CCC(CC)N(CCO)c1ccnc(NC)c1. The van der Waals surface area contributed by atoms with Gasteiger partial charge in [0.15, 0.2) is 0 Å². The molecule has 0 spiro atoms. The second-order valence-electron chi connectivity index (χ2n) is 4.04. The molecule has 1 aromatic rings. The smallest absolute Gasteiger partial charge is 0.127 e. The zero-order valence-corrected chi connectivity index (χ0v) is 11.0. The van der Waals surface area contributed by atoms with E-state index >= 15 is 0 Å². The fourth-order valence-corrected chi connectivity index (χ4v) is 2.09. The van der Waals surface area contributed by atoms with Crippen LogP contribution in [-0.4, -0.2) is 36.3 Å². The first-order chi connectivity index (χ1) is 8.26. The lowest BCUT2D eigenvalue weighted by atomic mass is 10.1. The lowest BCUT2D eigenvalue weighted by molar-refractivity contribution is 0.296. The van der Waals surface area contributed by atoms with Gasteiger partial charge in [0.2, 0.25) is 0 Å². The maximum Gasteiger partial charge on any atom is 0.127 e. The normalized spacial score (nSPS) is 10.6. The van der Waals surface area contributed by atoms with Crippen LogP contribution in [0.1, 0.15) is 26.7 Å². The summed E-state index contributed by atoms with van der Waals surface area (Å²) in [5, 5.41) is 12.2. The molecular weight excluding hydrogens is 214 g/mol. The summed E-state index contributed by atoms with van der Waals surface area (Å²) in [6, 6.07) is 4.48. The van der Waals surface area contributed by atoms with E-state index in [1.54, 1.807) is 6.20 Å². The van der Waals surface area contributed by atoms with E-state index < -0.39 is 0 Å². The van der Waals surface area contributed by atoms with Crippen molar-refractivity contribution in [3.63, 3.8) is 0 Å². The summed E-state index contributed by atoms with van der Waals surface area (Å²) in [5.74, 6) is 0.858. The van der Waals surface area contributed by atoms with E-state index in [9.17, 15) is 5.11 Å². The van der Waals surface area contributed by atoms with Gasteiger partial charge in [-0.25, -0.2) is 4.98 Å². The fourth-order valence-electron chi connectivity index (χ4n) is 2.09. The Kier molecular flexibility index (Phi) is 5.77. The largest absolute Gasteiger partial charge is 0.395 e. The molecule has 1 rings (SSSR count). The van der Waals surface area contributed by atoms with Gasteiger partial charge in [0, 0.05) is 37.6 Å². The van der Waals surface area contributed by atoms with Gasteiger partial charge in [-0.15, -0.1) is 0 Å². The van der Waals surface area contributed by atoms with Gasteiger partial charge in [0.1, 0.15) is 5.82 Å². The summed E-state index contributed by atoms with van der Waals surface area (Å²) in [6.45, 7) is 5.20. The van der Waals surface area contributed by atoms with Gasteiger partial charge >= 0.3 is 0 Å². The second-order valence-corrected chi connectivity index (χ2v) is 4.04. The molecule has 0 aromatic carbocycles. The monoisotopic (exact) mass is 237 g/mol. The summed E-state index contributed by atoms with van der Waals surface area (Å²) in [6.07, 6.45) is 3.95. The predicted octanol–water partition coefficient (Wildman–Crippen LogP) is 2.11. The Morgan fingerprint density at radius 2 is 2.12 bits per heavy atom. The standard InChI is InChI=1S/C13H23N3O/c1-4-11(5-2)16(8-9-17)12-6-7-15-13(10-12)14-3/h6-7,10-11,17H,4-5,8-9H2,1-3H3,(H,14,15). The number of aliphatic hydroxyl groups is 1. The Morgan fingerprint density at radius 1 is 1.41 bits per heavy atom. The van der Waals surface area contributed by atoms with Crippen LogP contribution in [0, 0.1) is 0 Å². The third-order valence-electron chi connectivity index (χ3n) is 3.06. The first-order valence-corrected chi connectivity index (χ1v) is 6.28. The fraction of sp³-hybridized carbons (Fsp3) is 0.615. The Hall–Kier alpha value is -1.29. The van der Waals surface area contributed by atoms with E-state index in [1.165, 1.54) is 0 Å². The van der Waals surface area contributed by atoms with Crippen LogP contribution in [0.3, 0.4) is 0 Å². The lowest BCUT2D eigenvalue weighted by Crippen LogP contribution is -2.36. The zero-order valence-electron chi connectivity index (χ0n) is 11.0. The number of nitrogens with zero attached hydrogens (tertiary/aromatic N) is 2. The van der Waals surface area contributed by atoms with Crippen molar-refractivity contribution in [1.29, 1.82) is 0 Å². The molecular formula is C13H23N3O. The summed E-state index contributed by atoms with van der Waals surface area (Å²) in [4.78, 5) is 6.46. The van der Waals surface area contributed by atoms with Gasteiger partial charge in [-0.1, -0.05) is 13.8 Å². The maximum atomic E-state index is 9.19. The number of nitrogens with one attached hydrogen (secondary N) is 1. The number of aromatic nitrogens is 1. The summed E-state index contributed by atoms with van der Waals surface area (Å²) in [5.41, 5.74) is 1.12. The van der Waals surface area contributed by atoms with Crippen molar-refractivity contribution in [3.05, 3.63) is 18.3 Å². The minimum Gasteiger partial charge on any atom is -0.395 e. The highest BCUT2D eigenvalue weighted by molar-refractivity contribution is 5.54. The zero-order chi connectivity index (χ0) is 12.7. The minimum atomic E-state index is 0.174. The first kappa shape index (κ1) is 13.8. The minimum absolute atomic E-state index is 0.174. The molecule has 2 N–H and O–H groups in total. The van der Waals surface area contributed by atoms with Crippen LogP contribution in [0.15, 0.2) is 18.3 Å². The third kappa shape index (κ3) is 3.60. The average molecular weight is 237 g/mol. The molecule has 96 valence electrons. The van der Waals surface area contributed by atoms with Crippen molar-refractivity contribution in [3.8, 4) is 0 Å². The molecule has 4 nitrogen and oxygen atoms in total. The highest BCUT2D eigenvalue weighted by atomic mass is 16.3. The van der Waals surface area contributed by atoms with Crippen LogP contribution in [-0.2, 0) is 0 Å². The van der Waals surface area contributed by atoms with Gasteiger partial charge in [-0.05, 0) is 18.9 Å². The van der Waals surface area contributed by atoms with Crippen LogP contribution >= 0.6 is 0 Å². The van der Waals surface area contributed by atoms with Crippen molar-refractivity contribution in [2.24, 2.45) is 0 Å². The number of pyridine rings is 1. The average Bonchev–Trinajstić information content (AvgIpc) is 2.39. The summed E-state index contributed by atoms with van der Waals surface area (Å²) >= 11 is 0. The highest BCUT2D eigenvalue weighted by Gasteiger charge is 2.15. The van der Waals surface area contributed by atoms with Crippen molar-refractivity contribution < 1.29 is 5.11 Å². The molecule has 0 radical (unpaired) electrons. The van der Waals surface area contributed by atoms with E-state index in [2.05, 4.69) is 29.0 Å². The Balaban J connectivity index is 2.94. The molecule has 1 aromatic heterocycles. The molecule has 0 unspecified atom stereocenters. The van der Waals surface area contributed by atoms with E-state index in [0.717, 1.165) is 24.3 Å². The molecule has 0 fully saturated rings. The highest BCUT2D eigenvalue weighted by Crippen LogP contribution is 2.21. The first-order valence-electron chi connectivity index (χ1n) is 6.28. The van der Waals surface area contributed by atoms with E-state index in [1.807, 2.05) is 19.2 Å². The Morgan fingerprint density at radius 3 is 2.65 bits per heavy atom. The van der Waals surface area contributed by atoms with Crippen LogP contribution in [0.25, 0.3) is 0 Å². The topological polar surface area (TPSA) is 48.4 Å². The van der Waals surface area contributed by atoms with Crippen molar-refractivity contribution in [1.82, 2.24) is 4.98 Å². The van der Waals surface area contributed by atoms with Gasteiger partial charge in [-0.2, -0.15) is 0 Å². The molecule has 0 saturated heterocycles. The second kappa shape index (κ2) is 7.12. The maximum absolute atomic E-state index is 9.19. The third-order valence-corrected chi connectivity index (χ3v) is 3.06. The van der Waals surface area contributed by atoms with E-state index in [-0.39, 0.29) is 6.61 Å². The molecule has 0 bridgehead atoms. The number of rotatable bonds is 7. The van der Waals surface area contributed by atoms with Crippen molar-refractivity contribution in [2.75, 3.05) is 30.4 Å². The van der Waals surface area contributed by atoms with Gasteiger partial charge in [0.25, 0.3) is 0 Å². The van der Waals surface area contributed by atoms with Gasteiger partial charge in [-0.3, -0.25) is 0 Å². The molecule has 0 amide bonds. The number of aliphatic hydroxyl groups excluding tert-OH is 1. The Labute approximate surface area is 104 Å². The summed E-state index contributed by atoms with van der Waals surface area (Å²) < 4.78 is 0. The molecule has 0 aliphatic rings. The quantitative estimate of drug-likeness (QED) is 0.762. The molecule has 0 aliphatic carbocycles. The van der Waals surface area contributed by atoms with Crippen LogP contribution < -0.4 is 10.2 Å². The van der Waals surface area contributed by atoms with Crippen molar-refractivity contribution in [2.45, 2.75) is 32.7 Å². The number of hydrogen-bond donors (Lipinski definition) is 2. The van der Waals surface area contributed by atoms with Crippen LogP contribution in [0.2, 0.25) is 0 Å². The Bertz CT molecular complexity index is 326. The lowest BCUT2D eigenvalue weighted by Gasteiger charge is -2.32. The number of hydrogen-bond acceptors (Lipinski definition) is 4. The number of anilines is 2. The molecule has 1 heterocycles. The van der Waals surface area contributed by atoms with E-state index in [0.29, 0.717) is 12.6 Å². The molecule has 17 heavy (non-hydrogen) atoms.